The molecule has 1 aliphatic rings. The van der Waals surface area contributed by atoms with Gasteiger partial charge in [-0.15, -0.1) is 11.8 Å². The number of thioether (sulfide) groups is 1. The van der Waals surface area contributed by atoms with Gasteiger partial charge >= 0.3 is 0 Å². The second-order valence-electron chi connectivity index (χ2n) is 3.62. The molecule has 0 spiro atoms. The Hall–Kier alpha value is -0.380. The number of nitrogens with one attached hydrogen (secondary N) is 1. The lowest BCUT2D eigenvalue weighted by atomic mass is 10.2. The maximum absolute atomic E-state index is 11.8. The van der Waals surface area contributed by atoms with Crippen LogP contribution < -0.4 is 5.32 Å². The molecule has 0 aromatic heterocycles. The van der Waals surface area contributed by atoms with Crippen molar-refractivity contribution in [1.29, 1.82) is 0 Å². The van der Waals surface area contributed by atoms with E-state index in [0.29, 0.717) is 15.7 Å². The van der Waals surface area contributed by atoms with Crippen molar-refractivity contribution < 1.29 is 4.79 Å². The highest BCUT2D eigenvalue weighted by molar-refractivity contribution is 8.00. The molecule has 1 aromatic carbocycles. The van der Waals surface area contributed by atoms with Gasteiger partial charge in [-0.05, 0) is 36.8 Å². The highest BCUT2D eigenvalue weighted by Crippen LogP contribution is 2.29. The normalized spacial score (nSPS) is 19.8. The fourth-order valence-electron chi connectivity index (χ4n) is 1.59. The third-order valence-electron chi connectivity index (χ3n) is 2.41. The van der Waals surface area contributed by atoms with Crippen molar-refractivity contribution >= 4 is 46.6 Å². The highest BCUT2D eigenvalue weighted by Gasteiger charge is 2.23. The van der Waals surface area contributed by atoms with Crippen molar-refractivity contribution in [3.63, 3.8) is 0 Å². The van der Waals surface area contributed by atoms with E-state index in [0.717, 1.165) is 18.6 Å². The van der Waals surface area contributed by atoms with E-state index in [1.807, 2.05) is 0 Å². The highest BCUT2D eigenvalue weighted by atomic mass is 35.5. The van der Waals surface area contributed by atoms with Crippen LogP contribution in [0, 0.1) is 0 Å². The van der Waals surface area contributed by atoms with Crippen molar-refractivity contribution in [2.45, 2.75) is 18.1 Å². The van der Waals surface area contributed by atoms with Gasteiger partial charge in [-0.2, -0.15) is 0 Å². The quantitative estimate of drug-likeness (QED) is 0.889. The van der Waals surface area contributed by atoms with E-state index < -0.39 is 0 Å². The van der Waals surface area contributed by atoms with Crippen molar-refractivity contribution in [2.24, 2.45) is 0 Å². The van der Waals surface area contributed by atoms with Gasteiger partial charge in [0.15, 0.2) is 0 Å². The van der Waals surface area contributed by atoms with E-state index in [4.69, 9.17) is 23.2 Å². The molecule has 2 nitrogen and oxygen atoms in total. The van der Waals surface area contributed by atoms with Crippen LogP contribution in [0.15, 0.2) is 18.2 Å². The zero-order valence-electron chi connectivity index (χ0n) is 8.50. The molecular formula is C11H11Cl2NOS. The average Bonchev–Trinajstić information content (AvgIpc) is 2.75. The molecule has 2 rings (SSSR count). The van der Waals surface area contributed by atoms with Crippen molar-refractivity contribution in [3.8, 4) is 0 Å². The van der Waals surface area contributed by atoms with E-state index in [9.17, 15) is 4.79 Å². The van der Waals surface area contributed by atoms with E-state index >= 15 is 0 Å². The Kier molecular flexibility index (Phi) is 4.00. The Morgan fingerprint density at radius 1 is 1.44 bits per heavy atom. The minimum Gasteiger partial charge on any atom is -0.324 e. The van der Waals surface area contributed by atoms with Gasteiger partial charge in [0.25, 0.3) is 0 Å². The number of hydrogen-bond donors (Lipinski definition) is 1. The minimum absolute atomic E-state index is 0.0340. The van der Waals surface area contributed by atoms with E-state index in [-0.39, 0.29) is 11.2 Å². The summed E-state index contributed by atoms with van der Waals surface area (Å²) in [7, 11) is 0. The van der Waals surface area contributed by atoms with E-state index in [1.165, 1.54) is 0 Å². The Morgan fingerprint density at radius 3 is 2.88 bits per heavy atom. The van der Waals surface area contributed by atoms with Gasteiger partial charge in [0.1, 0.15) is 0 Å². The lowest BCUT2D eigenvalue weighted by Gasteiger charge is -2.11. The van der Waals surface area contributed by atoms with Crippen LogP contribution in [0.4, 0.5) is 5.69 Å². The van der Waals surface area contributed by atoms with E-state index in [2.05, 4.69) is 5.32 Å². The predicted molar refractivity (Wildman–Crippen MR) is 70.6 cm³/mol. The number of hydrogen-bond acceptors (Lipinski definition) is 2. The molecule has 1 heterocycles. The maximum Gasteiger partial charge on any atom is 0.237 e. The summed E-state index contributed by atoms with van der Waals surface area (Å²) >= 11 is 13.5. The summed E-state index contributed by atoms with van der Waals surface area (Å²) < 4.78 is 0. The summed E-state index contributed by atoms with van der Waals surface area (Å²) in [5, 5.41) is 3.93. The maximum atomic E-state index is 11.8. The zero-order chi connectivity index (χ0) is 11.5. The smallest absolute Gasteiger partial charge is 0.237 e. The lowest BCUT2D eigenvalue weighted by molar-refractivity contribution is -0.115. The first-order valence-electron chi connectivity index (χ1n) is 5.04. The summed E-state index contributed by atoms with van der Waals surface area (Å²) in [4.78, 5) is 11.8. The predicted octanol–water partition coefficient (Wildman–Crippen LogP) is 3.83. The molecule has 1 fully saturated rings. The molecule has 16 heavy (non-hydrogen) atoms. The molecule has 5 heteroatoms. The van der Waals surface area contributed by atoms with Gasteiger partial charge in [0.2, 0.25) is 5.91 Å². The Morgan fingerprint density at radius 2 is 2.25 bits per heavy atom. The third kappa shape index (κ3) is 2.84. The second-order valence-corrected chi connectivity index (χ2v) is 5.77. The summed E-state index contributed by atoms with van der Waals surface area (Å²) in [5.41, 5.74) is 0.628. The van der Waals surface area contributed by atoms with Gasteiger partial charge in [-0.25, -0.2) is 0 Å². The zero-order valence-corrected chi connectivity index (χ0v) is 10.8. The number of carbonyl (C=O) groups is 1. The van der Waals surface area contributed by atoms with Gasteiger partial charge in [0, 0.05) is 5.02 Å². The molecule has 0 saturated carbocycles. The van der Waals surface area contributed by atoms with Crippen molar-refractivity contribution in [1.82, 2.24) is 0 Å². The Labute approximate surface area is 109 Å². The van der Waals surface area contributed by atoms with Crippen LogP contribution in [0.2, 0.25) is 10.0 Å². The van der Waals surface area contributed by atoms with Crippen LogP contribution in [0.5, 0.6) is 0 Å². The molecule has 0 radical (unpaired) electrons. The number of anilines is 1. The molecule has 1 unspecified atom stereocenters. The number of amides is 1. The van der Waals surface area contributed by atoms with Gasteiger partial charge in [-0.1, -0.05) is 23.2 Å². The molecule has 1 atom stereocenters. The van der Waals surface area contributed by atoms with E-state index in [1.54, 1.807) is 30.0 Å². The number of halogens is 2. The largest absolute Gasteiger partial charge is 0.324 e. The van der Waals surface area contributed by atoms with Crippen molar-refractivity contribution in [3.05, 3.63) is 28.2 Å². The number of carbonyl (C=O) groups excluding carboxylic acids is 1. The average molecular weight is 276 g/mol. The number of rotatable bonds is 2. The molecule has 1 saturated heterocycles. The lowest BCUT2D eigenvalue weighted by Crippen LogP contribution is -2.22. The van der Waals surface area contributed by atoms with Crippen LogP contribution in [0.3, 0.4) is 0 Å². The van der Waals surface area contributed by atoms with Gasteiger partial charge < -0.3 is 5.32 Å². The van der Waals surface area contributed by atoms with Crippen LogP contribution in [0.1, 0.15) is 12.8 Å². The molecule has 86 valence electrons. The fraction of sp³-hybridized carbons (Fsp3) is 0.364. The van der Waals surface area contributed by atoms with Gasteiger partial charge in [-0.3, -0.25) is 4.79 Å². The SMILES string of the molecule is O=C(Nc1ccc(Cl)cc1Cl)C1CCCS1. The molecule has 0 bridgehead atoms. The Bertz CT molecular complexity index is 405. The minimum atomic E-state index is 0.0340. The molecule has 1 aliphatic heterocycles. The molecule has 1 N–H and O–H groups in total. The first-order chi connectivity index (χ1) is 7.66. The number of benzene rings is 1. The molecule has 0 aliphatic carbocycles. The fourth-order valence-corrected chi connectivity index (χ4v) is 3.21. The van der Waals surface area contributed by atoms with Crippen LogP contribution in [0.25, 0.3) is 0 Å². The molecule has 1 aromatic rings. The first-order valence-corrected chi connectivity index (χ1v) is 6.85. The van der Waals surface area contributed by atoms with Crippen molar-refractivity contribution in [2.75, 3.05) is 11.1 Å². The summed E-state index contributed by atoms with van der Waals surface area (Å²) in [6.07, 6.45) is 2.05. The van der Waals surface area contributed by atoms with Crippen LogP contribution in [-0.2, 0) is 4.79 Å². The standard InChI is InChI=1S/C11H11Cl2NOS/c12-7-3-4-9(8(13)6-7)14-11(15)10-2-1-5-16-10/h3-4,6,10H,1-2,5H2,(H,14,15). The summed E-state index contributed by atoms with van der Waals surface area (Å²) in [6, 6.07) is 5.06. The topological polar surface area (TPSA) is 29.1 Å². The summed E-state index contributed by atoms with van der Waals surface area (Å²) in [6.45, 7) is 0. The Balaban J connectivity index is 2.05. The molecule has 1 amide bonds. The first kappa shape index (κ1) is 12.1. The summed E-state index contributed by atoms with van der Waals surface area (Å²) in [5.74, 6) is 1.10. The molecular weight excluding hydrogens is 265 g/mol. The second kappa shape index (κ2) is 5.30. The van der Waals surface area contributed by atoms with Crippen LogP contribution >= 0.6 is 35.0 Å². The monoisotopic (exact) mass is 275 g/mol. The van der Waals surface area contributed by atoms with Crippen LogP contribution in [-0.4, -0.2) is 16.9 Å². The van der Waals surface area contributed by atoms with Gasteiger partial charge in [0.05, 0.1) is 16.0 Å². The third-order valence-corrected chi connectivity index (χ3v) is 4.34.